The number of hydrogen-bond donors (Lipinski definition) is 2. The molecule has 0 saturated heterocycles. The van der Waals surface area contributed by atoms with E-state index in [-0.39, 0.29) is 6.61 Å². The van der Waals surface area contributed by atoms with Gasteiger partial charge in [-0.1, -0.05) is 30.4 Å². The van der Waals surface area contributed by atoms with Gasteiger partial charge in [0, 0.05) is 18.8 Å². The minimum absolute atomic E-state index is 0.222. The number of anilines is 1. The largest absolute Gasteiger partial charge is 0.396 e. The molecule has 0 saturated carbocycles. The van der Waals surface area contributed by atoms with E-state index in [1.165, 1.54) is 16.8 Å². The first-order valence-corrected chi connectivity index (χ1v) is 5.31. The Hall–Kier alpha value is -1.28. The van der Waals surface area contributed by atoms with E-state index in [0.717, 1.165) is 13.0 Å². The maximum Gasteiger partial charge on any atom is 0.0465 e. The van der Waals surface area contributed by atoms with Gasteiger partial charge in [-0.3, -0.25) is 0 Å². The molecule has 2 heteroatoms. The molecular formula is C13H19NO. The second-order valence-corrected chi connectivity index (χ2v) is 3.63. The predicted octanol–water partition coefficient (Wildman–Crippen LogP) is 2.65. The summed E-state index contributed by atoms with van der Waals surface area (Å²) in [7, 11) is 0. The monoisotopic (exact) mass is 205 g/mol. The Morgan fingerprint density at radius 2 is 1.87 bits per heavy atom. The summed E-state index contributed by atoms with van der Waals surface area (Å²) in [6, 6.07) is 6.27. The van der Waals surface area contributed by atoms with E-state index in [1.54, 1.807) is 0 Å². The van der Waals surface area contributed by atoms with Crippen molar-refractivity contribution in [3.05, 3.63) is 41.5 Å². The van der Waals surface area contributed by atoms with Crippen LogP contribution in [-0.2, 0) is 0 Å². The number of para-hydroxylation sites is 1. The first kappa shape index (κ1) is 11.8. The Balaban J connectivity index is 2.50. The summed E-state index contributed by atoms with van der Waals surface area (Å²) >= 11 is 0. The van der Waals surface area contributed by atoms with Crippen LogP contribution in [0.25, 0.3) is 0 Å². The van der Waals surface area contributed by atoms with Crippen molar-refractivity contribution < 1.29 is 5.11 Å². The molecule has 0 bridgehead atoms. The molecule has 0 unspecified atom stereocenters. The van der Waals surface area contributed by atoms with E-state index in [9.17, 15) is 0 Å². The highest BCUT2D eigenvalue weighted by Gasteiger charge is 1.98. The fraction of sp³-hybridized carbons (Fsp3) is 0.385. The van der Waals surface area contributed by atoms with Gasteiger partial charge in [0.2, 0.25) is 0 Å². The molecule has 82 valence electrons. The van der Waals surface area contributed by atoms with Gasteiger partial charge in [0.05, 0.1) is 0 Å². The molecule has 0 aliphatic heterocycles. The molecule has 0 amide bonds. The minimum atomic E-state index is 0.222. The first-order valence-electron chi connectivity index (χ1n) is 5.31. The summed E-state index contributed by atoms with van der Waals surface area (Å²) in [4.78, 5) is 0. The molecule has 2 N–H and O–H groups in total. The number of hydrogen-bond acceptors (Lipinski definition) is 2. The number of nitrogens with one attached hydrogen (secondary N) is 1. The van der Waals surface area contributed by atoms with Crippen LogP contribution >= 0.6 is 0 Å². The van der Waals surface area contributed by atoms with Gasteiger partial charge in [0.1, 0.15) is 0 Å². The summed E-state index contributed by atoms with van der Waals surface area (Å²) in [5.41, 5.74) is 3.75. The van der Waals surface area contributed by atoms with Gasteiger partial charge in [0.15, 0.2) is 0 Å². The van der Waals surface area contributed by atoms with Crippen molar-refractivity contribution >= 4 is 5.69 Å². The highest BCUT2D eigenvalue weighted by atomic mass is 16.2. The smallest absolute Gasteiger partial charge is 0.0465 e. The van der Waals surface area contributed by atoms with E-state index in [0.29, 0.717) is 0 Å². The summed E-state index contributed by atoms with van der Waals surface area (Å²) in [6.07, 6.45) is 4.76. The average Bonchev–Trinajstić information content (AvgIpc) is 2.21. The number of benzene rings is 1. The minimum Gasteiger partial charge on any atom is -0.396 e. The maximum absolute atomic E-state index is 8.60. The lowest BCUT2D eigenvalue weighted by Crippen LogP contribution is -2.02. The molecule has 0 heterocycles. The van der Waals surface area contributed by atoms with Crippen LogP contribution in [0, 0.1) is 13.8 Å². The van der Waals surface area contributed by atoms with Crippen molar-refractivity contribution in [2.24, 2.45) is 0 Å². The van der Waals surface area contributed by atoms with E-state index in [2.05, 4.69) is 37.4 Å². The number of aliphatic hydroxyl groups is 1. The maximum atomic E-state index is 8.60. The van der Waals surface area contributed by atoms with Crippen LogP contribution in [0.15, 0.2) is 30.4 Å². The van der Waals surface area contributed by atoms with E-state index >= 15 is 0 Å². The second-order valence-electron chi connectivity index (χ2n) is 3.63. The number of rotatable bonds is 5. The SMILES string of the molecule is Cc1cccc(C)c1NC/C=C/CCO. The molecule has 15 heavy (non-hydrogen) atoms. The fourth-order valence-corrected chi connectivity index (χ4v) is 1.53. The van der Waals surface area contributed by atoms with Crippen molar-refractivity contribution in [2.45, 2.75) is 20.3 Å². The molecule has 1 aromatic carbocycles. The van der Waals surface area contributed by atoms with Crippen molar-refractivity contribution in [2.75, 3.05) is 18.5 Å². The Kier molecular flexibility index (Phi) is 4.91. The lowest BCUT2D eigenvalue weighted by atomic mass is 10.1. The average molecular weight is 205 g/mol. The third-order valence-corrected chi connectivity index (χ3v) is 2.34. The topological polar surface area (TPSA) is 32.3 Å². The quantitative estimate of drug-likeness (QED) is 0.724. The molecule has 0 spiro atoms. The van der Waals surface area contributed by atoms with Crippen LogP contribution in [0.5, 0.6) is 0 Å². The molecule has 0 aliphatic rings. The van der Waals surface area contributed by atoms with Gasteiger partial charge < -0.3 is 10.4 Å². The predicted molar refractivity (Wildman–Crippen MR) is 65.2 cm³/mol. The Morgan fingerprint density at radius 1 is 1.20 bits per heavy atom. The van der Waals surface area contributed by atoms with Crippen molar-refractivity contribution in [3.8, 4) is 0 Å². The normalized spacial score (nSPS) is 10.9. The summed E-state index contributed by atoms with van der Waals surface area (Å²) < 4.78 is 0. The van der Waals surface area contributed by atoms with E-state index < -0.39 is 0 Å². The first-order chi connectivity index (χ1) is 7.25. The molecule has 2 nitrogen and oxygen atoms in total. The zero-order chi connectivity index (χ0) is 11.1. The van der Waals surface area contributed by atoms with Crippen LogP contribution in [0.4, 0.5) is 5.69 Å². The summed E-state index contributed by atoms with van der Waals surface area (Å²) in [5.74, 6) is 0. The Labute approximate surface area is 91.6 Å². The van der Waals surface area contributed by atoms with Crippen LogP contribution in [0.3, 0.4) is 0 Å². The molecule has 1 rings (SSSR count). The summed E-state index contributed by atoms with van der Waals surface area (Å²) in [5, 5.41) is 12.0. The Morgan fingerprint density at radius 3 is 2.47 bits per heavy atom. The molecule has 0 fully saturated rings. The zero-order valence-corrected chi connectivity index (χ0v) is 9.46. The summed E-state index contributed by atoms with van der Waals surface area (Å²) in [6.45, 7) is 5.24. The Bertz CT molecular complexity index is 311. The van der Waals surface area contributed by atoms with Crippen molar-refractivity contribution in [3.63, 3.8) is 0 Å². The van der Waals surface area contributed by atoms with Gasteiger partial charge in [-0.25, -0.2) is 0 Å². The third kappa shape index (κ3) is 3.76. The van der Waals surface area contributed by atoms with Crippen LogP contribution < -0.4 is 5.32 Å². The van der Waals surface area contributed by atoms with Crippen LogP contribution in [-0.4, -0.2) is 18.3 Å². The van der Waals surface area contributed by atoms with Gasteiger partial charge in [0.25, 0.3) is 0 Å². The van der Waals surface area contributed by atoms with Crippen LogP contribution in [0.1, 0.15) is 17.5 Å². The third-order valence-electron chi connectivity index (χ3n) is 2.34. The molecule has 0 radical (unpaired) electrons. The highest BCUT2D eigenvalue weighted by Crippen LogP contribution is 2.18. The van der Waals surface area contributed by atoms with E-state index in [1.807, 2.05) is 12.2 Å². The lowest BCUT2D eigenvalue weighted by molar-refractivity contribution is 0.302. The molecule has 1 aromatic rings. The molecular weight excluding hydrogens is 186 g/mol. The zero-order valence-electron chi connectivity index (χ0n) is 9.46. The second kappa shape index (κ2) is 6.25. The number of aryl methyl sites for hydroxylation is 2. The fourth-order valence-electron chi connectivity index (χ4n) is 1.53. The van der Waals surface area contributed by atoms with Crippen molar-refractivity contribution in [1.29, 1.82) is 0 Å². The van der Waals surface area contributed by atoms with Crippen molar-refractivity contribution in [1.82, 2.24) is 0 Å². The highest BCUT2D eigenvalue weighted by molar-refractivity contribution is 5.56. The molecule has 0 aromatic heterocycles. The van der Waals surface area contributed by atoms with Gasteiger partial charge in [-0.05, 0) is 31.4 Å². The standard InChI is InChI=1S/C13H19NO/c1-11-7-6-8-12(2)13(11)14-9-4-3-5-10-15/h3-4,6-8,14-15H,5,9-10H2,1-2H3/b4-3+. The van der Waals surface area contributed by atoms with Gasteiger partial charge in [-0.15, -0.1) is 0 Å². The van der Waals surface area contributed by atoms with Gasteiger partial charge in [-0.2, -0.15) is 0 Å². The van der Waals surface area contributed by atoms with Crippen LogP contribution in [0.2, 0.25) is 0 Å². The van der Waals surface area contributed by atoms with Gasteiger partial charge >= 0.3 is 0 Å². The lowest BCUT2D eigenvalue weighted by Gasteiger charge is -2.10. The number of aliphatic hydroxyl groups excluding tert-OH is 1. The molecule has 0 atom stereocenters. The van der Waals surface area contributed by atoms with E-state index in [4.69, 9.17) is 5.11 Å². The molecule has 0 aliphatic carbocycles.